The van der Waals surface area contributed by atoms with Crippen molar-refractivity contribution in [2.24, 2.45) is 5.92 Å². The van der Waals surface area contributed by atoms with E-state index in [2.05, 4.69) is 10.6 Å². The Hall–Kier alpha value is -1.33. The monoisotopic (exact) mass is 250 g/mol. The molecule has 1 aliphatic heterocycles. The highest BCUT2D eigenvalue weighted by atomic mass is 16.5. The molecule has 0 bridgehead atoms. The van der Waals surface area contributed by atoms with Crippen molar-refractivity contribution in [3.8, 4) is 0 Å². The number of hydrogen-bond acceptors (Lipinski definition) is 4. The van der Waals surface area contributed by atoms with Gasteiger partial charge in [-0.3, -0.25) is 4.79 Å². The summed E-state index contributed by atoms with van der Waals surface area (Å²) >= 11 is 0. The van der Waals surface area contributed by atoms with Gasteiger partial charge in [-0.25, -0.2) is 0 Å². The zero-order valence-corrected chi connectivity index (χ0v) is 10.2. The predicted octanol–water partition coefficient (Wildman–Crippen LogP) is 0.776. The fourth-order valence-electron chi connectivity index (χ4n) is 2.90. The van der Waals surface area contributed by atoms with Crippen molar-refractivity contribution in [2.75, 3.05) is 19.7 Å². The van der Waals surface area contributed by atoms with Crippen molar-refractivity contribution in [1.82, 2.24) is 10.6 Å². The van der Waals surface area contributed by atoms with E-state index in [0.29, 0.717) is 24.3 Å². The van der Waals surface area contributed by atoms with Gasteiger partial charge in [0.25, 0.3) is 5.91 Å². The van der Waals surface area contributed by atoms with Crippen LogP contribution in [0.25, 0.3) is 0 Å². The van der Waals surface area contributed by atoms with Crippen molar-refractivity contribution < 1.29 is 13.9 Å². The van der Waals surface area contributed by atoms with Crippen LogP contribution in [0.2, 0.25) is 0 Å². The number of hydrogen-bond donors (Lipinski definition) is 2. The number of rotatable bonds is 3. The van der Waals surface area contributed by atoms with Crippen LogP contribution in [0.1, 0.15) is 23.4 Å². The third-order valence-electron chi connectivity index (χ3n) is 3.80. The minimum atomic E-state index is -0.146. The topological polar surface area (TPSA) is 63.5 Å². The van der Waals surface area contributed by atoms with Gasteiger partial charge in [0.1, 0.15) is 0 Å². The van der Waals surface area contributed by atoms with E-state index < -0.39 is 0 Å². The Morgan fingerprint density at radius 3 is 3.28 bits per heavy atom. The summed E-state index contributed by atoms with van der Waals surface area (Å²) < 4.78 is 10.9. The van der Waals surface area contributed by atoms with Gasteiger partial charge in [-0.05, 0) is 25.0 Å². The van der Waals surface area contributed by atoms with Crippen LogP contribution in [0.3, 0.4) is 0 Å². The number of morpholine rings is 1. The zero-order chi connectivity index (χ0) is 12.4. The fraction of sp³-hybridized carbons (Fsp3) is 0.615. The minimum Gasteiger partial charge on any atom is -0.459 e. The second-order valence-electron chi connectivity index (χ2n) is 4.92. The van der Waals surface area contributed by atoms with Crippen LogP contribution >= 0.6 is 0 Å². The molecule has 0 radical (unpaired) electrons. The van der Waals surface area contributed by atoms with Gasteiger partial charge in [0.15, 0.2) is 5.76 Å². The standard InChI is InChI=1S/C13H18N2O3/c16-13(11-2-1-6-17-11)15-8-9-3-4-10-12(9)18-7-5-14-10/h1-2,6,9-10,12,14H,3-5,7-8H2,(H,15,16). The summed E-state index contributed by atoms with van der Waals surface area (Å²) in [5.74, 6) is 0.626. The quantitative estimate of drug-likeness (QED) is 0.832. The maximum Gasteiger partial charge on any atom is 0.286 e. The van der Waals surface area contributed by atoms with E-state index in [0.717, 1.165) is 26.0 Å². The van der Waals surface area contributed by atoms with Crippen molar-refractivity contribution in [1.29, 1.82) is 0 Å². The summed E-state index contributed by atoms with van der Waals surface area (Å²) in [5, 5.41) is 6.39. The number of carbonyl (C=O) groups is 1. The molecular weight excluding hydrogens is 232 g/mol. The lowest BCUT2D eigenvalue weighted by molar-refractivity contribution is -0.0138. The number of fused-ring (bicyclic) bond motifs is 1. The first-order chi connectivity index (χ1) is 8.84. The molecule has 3 atom stereocenters. The van der Waals surface area contributed by atoms with Crippen molar-refractivity contribution in [2.45, 2.75) is 25.0 Å². The van der Waals surface area contributed by atoms with E-state index in [-0.39, 0.29) is 12.0 Å². The molecule has 0 spiro atoms. The number of nitrogens with one attached hydrogen (secondary N) is 2. The SMILES string of the molecule is O=C(NCC1CCC2NCCOC12)c1ccco1. The zero-order valence-electron chi connectivity index (χ0n) is 10.2. The molecule has 5 nitrogen and oxygen atoms in total. The molecule has 1 aromatic rings. The molecule has 3 unspecified atom stereocenters. The molecular formula is C13H18N2O3. The largest absolute Gasteiger partial charge is 0.459 e. The van der Waals surface area contributed by atoms with Gasteiger partial charge in [0.2, 0.25) is 0 Å². The van der Waals surface area contributed by atoms with Gasteiger partial charge >= 0.3 is 0 Å². The number of amides is 1. The van der Waals surface area contributed by atoms with Gasteiger partial charge in [-0.15, -0.1) is 0 Å². The van der Waals surface area contributed by atoms with Crippen LogP contribution in [0.5, 0.6) is 0 Å². The van der Waals surface area contributed by atoms with Crippen LogP contribution < -0.4 is 10.6 Å². The third-order valence-corrected chi connectivity index (χ3v) is 3.80. The second-order valence-corrected chi connectivity index (χ2v) is 4.92. The maximum absolute atomic E-state index is 11.8. The molecule has 3 rings (SSSR count). The summed E-state index contributed by atoms with van der Waals surface area (Å²) in [6, 6.07) is 3.85. The van der Waals surface area contributed by atoms with E-state index in [9.17, 15) is 4.79 Å². The number of furan rings is 1. The molecule has 5 heteroatoms. The lowest BCUT2D eigenvalue weighted by atomic mass is 10.0. The van der Waals surface area contributed by atoms with Crippen LogP contribution in [0.4, 0.5) is 0 Å². The number of ether oxygens (including phenoxy) is 1. The molecule has 0 aromatic carbocycles. The molecule has 1 amide bonds. The molecule has 98 valence electrons. The fourth-order valence-corrected chi connectivity index (χ4v) is 2.90. The average molecular weight is 250 g/mol. The van der Waals surface area contributed by atoms with E-state index in [1.807, 2.05) is 0 Å². The van der Waals surface area contributed by atoms with E-state index in [1.165, 1.54) is 6.26 Å². The Bertz CT molecular complexity index is 404. The Balaban J connectivity index is 1.53. The Labute approximate surface area is 106 Å². The lowest BCUT2D eigenvalue weighted by Gasteiger charge is -2.30. The molecule has 1 saturated heterocycles. The van der Waals surface area contributed by atoms with Gasteiger partial charge in [-0.2, -0.15) is 0 Å². The summed E-state index contributed by atoms with van der Waals surface area (Å²) in [7, 11) is 0. The highest BCUT2D eigenvalue weighted by Gasteiger charge is 2.38. The summed E-state index contributed by atoms with van der Waals surface area (Å²) in [6.07, 6.45) is 3.98. The van der Waals surface area contributed by atoms with Crippen LogP contribution in [0.15, 0.2) is 22.8 Å². The van der Waals surface area contributed by atoms with Gasteiger partial charge < -0.3 is 19.8 Å². The second kappa shape index (κ2) is 5.12. The lowest BCUT2D eigenvalue weighted by Crippen LogP contribution is -2.48. The van der Waals surface area contributed by atoms with Crippen molar-refractivity contribution in [3.63, 3.8) is 0 Å². The maximum atomic E-state index is 11.8. The van der Waals surface area contributed by atoms with E-state index in [4.69, 9.17) is 9.15 Å². The van der Waals surface area contributed by atoms with Crippen LogP contribution in [-0.4, -0.2) is 37.7 Å². The van der Waals surface area contributed by atoms with E-state index >= 15 is 0 Å². The smallest absolute Gasteiger partial charge is 0.286 e. The van der Waals surface area contributed by atoms with Crippen molar-refractivity contribution >= 4 is 5.91 Å². The molecule has 2 aliphatic rings. The predicted molar refractivity (Wildman–Crippen MR) is 65.3 cm³/mol. The third kappa shape index (κ3) is 2.28. The summed E-state index contributed by atoms with van der Waals surface area (Å²) in [6.45, 7) is 2.36. The first kappa shape index (κ1) is 11.7. The number of carbonyl (C=O) groups excluding carboxylic acids is 1. The van der Waals surface area contributed by atoms with Crippen LogP contribution in [-0.2, 0) is 4.74 Å². The molecule has 1 aromatic heterocycles. The molecule has 2 N–H and O–H groups in total. The molecule has 1 saturated carbocycles. The van der Waals surface area contributed by atoms with Gasteiger partial charge in [-0.1, -0.05) is 0 Å². The Kier molecular flexibility index (Phi) is 3.34. The van der Waals surface area contributed by atoms with Crippen molar-refractivity contribution in [3.05, 3.63) is 24.2 Å². The molecule has 18 heavy (non-hydrogen) atoms. The summed E-state index contributed by atoms with van der Waals surface area (Å²) in [5.41, 5.74) is 0. The van der Waals surface area contributed by atoms with E-state index in [1.54, 1.807) is 12.1 Å². The first-order valence-electron chi connectivity index (χ1n) is 6.51. The molecule has 2 fully saturated rings. The highest BCUT2D eigenvalue weighted by molar-refractivity contribution is 5.91. The first-order valence-corrected chi connectivity index (χ1v) is 6.51. The average Bonchev–Trinajstić information content (AvgIpc) is 3.06. The Morgan fingerprint density at radius 2 is 2.44 bits per heavy atom. The molecule has 2 heterocycles. The highest BCUT2D eigenvalue weighted by Crippen LogP contribution is 2.29. The minimum absolute atomic E-state index is 0.146. The van der Waals surface area contributed by atoms with Crippen LogP contribution in [0, 0.1) is 5.92 Å². The normalized spacial score (nSPS) is 31.0. The molecule has 1 aliphatic carbocycles. The van der Waals surface area contributed by atoms with Gasteiger partial charge in [0, 0.05) is 25.0 Å². The summed E-state index contributed by atoms with van der Waals surface area (Å²) in [4.78, 5) is 11.8. The Morgan fingerprint density at radius 1 is 1.50 bits per heavy atom. The van der Waals surface area contributed by atoms with Gasteiger partial charge in [0.05, 0.1) is 19.0 Å².